The number of hydrazone groups is 1. The molecule has 0 spiro atoms. The molecule has 1 aromatic carbocycles. The lowest BCUT2D eigenvalue weighted by Gasteiger charge is -2.27. The number of para-hydroxylation sites is 1. The van der Waals surface area contributed by atoms with Crippen molar-refractivity contribution in [2.75, 3.05) is 4.67 Å². The fraction of sp³-hybridized carbons (Fsp3) is 0.529. The average molecular weight is 302 g/mol. The molecule has 1 saturated carbocycles. The Labute approximate surface area is 129 Å². The molecule has 0 N–H and O–H groups in total. The Morgan fingerprint density at radius 3 is 2.38 bits per heavy atom. The number of ketones is 1. The van der Waals surface area contributed by atoms with Gasteiger partial charge in [0.05, 0.1) is 0 Å². The van der Waals surface area contributed by atoms with Gasteiger partial charge in [0.2, 0.25) is 0 Å². The molecule has 0 unspecified atom stereocenters. The van der Waals surface area contributed by atoms with Gasteiger partial charge in [-0.3, -0.25) is 4.67 Å². The van der Waals surface area contributed by atoms with E-state index in [2.05, 4.69) is 42.0 Å². The Hall–Kier alpha value is -1.42. The van der Waals surface area contributed by atoms with E-state index in [9.17, 15) is 4.79 Å². The molecular weight excluding hydrogens is 276 g/mol. The molecule has 1 aromatic rings. The van der Waals surface area contributed by atoms with Gasteiger partial charge in [-0.1, -0.05) is 31.3 Å². The van der Waals surface area contributed by atoms with Crippen molar-refractivity contribution in [3.05, 3.63) is 30.3 Å². The summed E-state index contributed by atoms with van der Waals surface area (Å²) in [5.41, 5.74) is 2.51. The summed E-state index contributed by atoms with van der Waals surface area (Å²) >= 11 is 0. The Bertz CT molecular complexity index is 489. The lowest BCUT2D eigenvalue weighted by atomic mass is 9.85. The summed E-state index contributed by atoms with van der Waals surface area (Å²) in [6, 6.07) is 10.5. The van der Waals surface area contributed by atoms with E-state index in [1.54, 1.807) is 6.92 Å². The first-order valence-corrected chi connectivity index (χ1v) is 10.8. The number of hydrogen-bond donors (Lipinski definition) is 0. The van der Waals surface area contributed by atoms with Crippen molar-refractivity contribution in [3.8, 4) is 0 Å². The van der Waals surface area contributed by atoms with Crippen LogP contribution in [0.3, 0.4) is 0 Å². The average Bonchev–Trinajstić information content (AvgIpc) is 2.46. The van der Waals surface area contributed by atoms with E-state index in [4.69, 9.17) is 5.10 Å². The van der Waals surface area contributed by atoms with Crippen molar-refractivity contribution in [2.24, 2.45) is 11.0 Å². The molecule has 4 heteroatoms. The first kappa shape index (κ1) is 16.0. The number of benzene rings is 1. The highest BCUT2D eigenvalue weighted by Crippen LogP contribution is 2.26. The molecule has 0 aromatic heterocycles. The number of rotatable bonds is 5. The first-order chi connectivity index (χ1) is 10.1. The van der Waals surface area contributed by atoms with Crippen LogP contribution in [0.2, 0.25) is 13.1 Å². The van der Waals surface area contributed by atoms with Crippen LogP contribution in [-0.2, 0) is 4.79 Å². The zero-order valence-electron chi connectivity index (χ0n) is 13.4. The molecule has 1 aliphatic carbocycles. The van der Waals surface area contributed by atoms with E-state index >= 15 is 0 Å². The minimum absolute atomic E-state index is 0.320. The summed E-state index contributed by atoms with van der Waals surface area (Å²) in [6.45, 7) is 6.31. The van der Waals surface area contributed by atoms with E-state index < -0.39 is 8.96 Å². The minimum atomic E-state index is -1.03. The van der Waals surface area contributed by atoms with E-state index in [0.29, 0.717) is 11.7 Å². The van der Waals surface area contributed by atoms with Gasteiger partial charge in [0.25, 0.3) is 0 Å². The zero-order chi connectivity index (χ0) is 15.2. The van der Waals surface area contributed by atoms with Crippen LogP contribution in [0, 0.1) is 5.92 Å². The van der Waals surface area contributed by atoms with Crippen molar-refractivity contribution in [3.63, 3.8) is 0 Å². The number of carbonyl (C=O) groups is 1. The summed E-state index contributed by atoms with van der Waals surface area (Å²) in [4.78, 5) is 11.2. The third-order valence-corrected chi connectivity index (χ3v) is 5.41. The number of hydrogen-bond acceptors (Lipinski definition) is 3. The summed E-state index contributed by atoms with van der Waals surface area (Å²) in [7, 11) is -1.03. The molecule has 114 valence electrons. The van der Waals surface area contributed by atoms with Crippen LogP contribution in [0.25, 0.3) is 0 Å². The Kier molecular flexibility index (Phi) is 5.73. The third kappa shape index (κ3) is 4.81. The van der Waals surface area contributed by atoms with Gasteiger partial charge >= 0.3 is 0 Å². The summed E-state index contributed by atoms with van der Waals surface area (Å²) in [6.07, 6.45) is 5.06. The van der Waals surface area contributed by atoms with Gasteiger partial charge in [-0.05, 0) is 50.7 Å². The van der Waals surface area contributed by atoms with Gasteiger partial charge in [0.15, 0.2) is 8.96 Å². The molecule has 0 atom stereocenters. The van der Waals surface area contributed by atoms with Gasteiger partial charge < -0.3 is 4.79 Å². The van der Waals surface area contributed by atoms with Crippen molar-refractivity contribution >= 4 is 26.1 Å². The van der Waals surface area contributed by atoms with Crippen LogP contribution >= 0.6 is 0 Å². The molecule has 3 nitrogen and oxygen atoms in total. The van der Waals surface area contributed by atoms with Crippen LogP contribution in [0.1, 0.15) is 39.0 Å². The van der Waals surface area contributed by atoms with Gasteiger partial charge in [-0.25, -0.2) is 0 Å². The number of Topliss-reactive ketones (excluding diaryl/α,β-unsaturated/α-hetero) is 1. The minimum Gasteiger partial charge on any atom is -0.300 e. The zero-order valence-corrected chi connectivity index (χ0v) is 14.5. The highest BCUT2D eigenvalue weighted by atomic mass is 28.3. The monoisotopic (exact) mass is 302 g/mol. The van der Waals surface area contributed by atoms with Crippen molar-refractivity contribution in [2.45, 2.75) is 52.1 Å². The number of carbonyl (C=O) groups excluding carboxylic acids is 1. The predicted molar refractivity (Wildman–Crippen MR) is 92.5 cm³/mol. The Morgan fingerprint density at radius 2 is 1.86 bits per heavy atom. The summed E-state index contributed by atoms with van der Waals surface area (Å²) < 4.78 is 2.25. The van der Waals surface area contributed by atoms with Crippen LogP contribution in [0.4, 0.5) is 5.69 Å². The van der Waals surface area contributed by atoms with Crippen LogP contribution < -0.4 is 4.67 Å². The maximum Gasteiger partial charge on any atom is 0.164 e. The van der Waals surface area contributed by atoms with Gasteiger partial charge in [0, 0.05) is 17.8 Å². The molecular formula is C17H26N2OSi. The second-order valence-electron chi connectivity index (χ2n) is 6.29. The predicted octanol–water partition coefficient (Wildman–Crippen LogP) is 4.00. The quantitative estimate of drug-likeness (QED) is 0.608. The highest BCUT2D eigenvalue weighted by molar-refractivity contribution is 6.60. The second-order valence-corrected chi connectivity index (χ2v) is 8.97. The van der Waals surface area contributed by atoms with Gasteiger partial charge in [-0.15, -0.1) is 0 Å². The van der Waals surface area contributed by atoms with Crippen molar-refractivity contribution in [1.29, 1.82) is 0 Å². The van der Waals surface area contributed by atoms with Crippen LogP contribution in [0.15, 0.2) is 35.4 Å². The smallest absolute Gasteiger partial charge is 0.164 e. The van der Waals surface area contributed by atoms with Gasteiger partial charge in [-0.2, -0.15) is 5.10 Å². The Morgan fingerprint density at radius 1 is 1.24 bits per heavy atom. The molecule has 0 heterocycles. The normalized spacial score (nSPS) is 18.7. The summed E-state index contributed by atoms with van der Waals surface area (Å²) in [5.74, 6) is 0.892. The molecule has 21 heavy (non-hydrogen) atoms. The van der Waals surface area contributed by atoms with E-state index in [-0.39, 0.29) is 0 Å². The van der Waals surface area contributed by atoms with E-state index in [1.807, 2.05) is 6.07 Å². The third-order valence-electron chi connectivity index (χ3n) is 4.02. The molecule has 0 bridgehead atoms. The Balaban J connectivity index is 2.02. The van der Waals surface area contributed by atoms with Crippen molar-refractivity contribution < 1.29 is 4.79 Å². The van der Waals surface area contributed by atoms with E-state index in [0.717, 1.165) is 32.1 Å². The maximum atomic E-state index is 11.2. The first-order valence-electron chi connectivity index (χ1n) is 7.96. The lowest BCUT2D eigenvalue weighted by molar-refractivity contribution is -0.118. The lowest BCUT2D eigenvalue weighted by Crippen LogP contribution is -2.31. The molecule has 0 saturated heterocycles. The SMILES string of the molecule is CC(=O)CC1CCC(=NN(c2ccccc2)[SiH](C)C)CC1. The van der Waals surface area contributed by atoms with Gasteiger partial charge in [0.1, 0.15) is 5.78 Å². The molecule has 0 radical (unpaired) electrons. The highest BCUT2D eigenvalue weighted by Gasteiger charge is 2.20. The largest absolute Gasteiger partial charge is 0.300 e. The fourth-order valence-corrected chi connectivity index (χ4v) is 4.09. The van der Waals surface area contributed by atoms with E-state index in [1.165, 1.54) is 11.4 Å². The van der Waals surface area contributed by atoms with Crippen LogP contribution in [0.5, 0.6) is 0 Å². The molecule has 1 aliphatic rings. The standard InChI is InChI=1S/C17H26N2OSi/c1-14(20)13-15-9-11-16(12-10-15)18-19(21(2)3)17-7-5-4-6-8-17/h4-8,15,21H,9-13H2,1-3H3. The molecule has 0 aliphatic heterocycles. The second kappa shape index (κ2) is 7.55. The fourth-order valence-electron chi connectivity index (χ4n) is 2.93. The number of nitrogens with zero attached hydrogens (tertiary/aromatic N) is 2. The van der Waals surface area contributed by atoms with Crippen molar-refractivity contribution in [1.82, 2.24) is 0 Å². The molecule has 2 rings (SSSR count). The number of anilines is 1. The summed E-state index contributed by atoms with van der Waals surface area (Å²) in [5, 5.41) is 4.95. The molecule has 0 amide bonds. The molecule has 1 fully saturated rings. The maximum absolute atomic E-state index is 11.2. The van der Waals surface area contributed by atoms with Crippen LogP contribution in [-0.4, -0.2) is 20.5 Å². The topological polar surface area (TPSA) is 32.7 Å².